The van der Waals surface area contributed by atoms with Gasteiger partial charge in [-0.15, -0.1) is 20.6 Å². The van der Waals surface area contributed by atoms with Gasteiger partial charge in [-0.3, -0.25) is 9.78 Å². The van der Waals surface area contributed by atoms with Crippen LogP contribution in [0.3, 0.4) is 0 Å². The minimum absolute atomic E-state index is 0.0386. The molecule has 0 aliphatic carbocycles. The molecule has 4 nitrogen and oxygen atoms in total. The number of carbonyl (C=O) groups excluding carboxylic acids is 1. The zero-order valence-electron chi connectivity index (χ0n) is 16.2. The Labute approximate surface area is 189 Å². The van der Waals surface area contributed by atoms with Crippen LogP contribution in [0.25, 0.3) is 20.9 Å². The highest BCUT2D eigenvalue weighted by molar-refractivity contribution is 8.00. The number of rotatable bonds is 5. The first-order valence-corrected chi connectivity index (χ1v) is 11.7. The molecule has 5 rings (SSSR count). The highest BCUT2D eigenvalue weighted by atomic mass is 32.2. The number of hydrogen-bond donors (Lipinski definition) is 2. The summed E-state index contributed by atoms with van der Waals surface area (Å²) in [5.41, 5.74) is 4.81. The van der Waals surface area contributed by atoms with E-state index in [9.17, 15) is 9.18 Å². The molecule has 3 heterocycles. The van der Waals surface area contributed by atoms with Crippen LogP contribution in [0.5, 0.6) is 0 Å². The number of nitrogens with one attached hydrogen (secondary N) is 2. The second kappa shape index (κ2) is 8.42. The van der Waals surface area contributed by atoms with E-state index >= 15 is 0 Å². The quantitative estimate of drug-likeness (QED) is 0.292. The lowest BCUT2D eigenvalue weighted by molar-refractivity contribution is -0.115. The molecule has 154 valence electrons. The average Bonchev–Trinajstić information content (AvgIpc) is 3.39. The fourth-order valence-electron chi connectivity index (χ4n) is 3.38. The number of anilines is 2. The lowest BCUT2D eigenvalue weighted by Gasteiger charge is -2.07. The largest absolute Gasteiger partial charge is 0.326 e. The van der Waals surface area contributed by atoms with Crippen LogP contribution in [0.1, 0.15) is 5.56 Å². The third kappa shape index (κ3) is 4.35. The number of thiophene rings is 1. The Hall–Kier alpha value is -2.73. The highest BCUT2D eigenvalue weighted by Gasteiger charge is 2.18. The number of hydrogen-bond acceptors (Lipinski definition) is 5. The fourth-order valence-corrected chi connectivity index (χ4v) is 5.23. The molecule has 0 bridgehead atoms. The lowest BCUT2D eigenvalue weighted by Crippen LogP contribution is -2.03. The van der Waals surface area contributed by atoms with Gasteiger partial charge in [-0.1, -0.05) is 12.1 Å². The molecule has 0 radical (unpaired) electrons. The number of aromatic nitrogens is 1. The van der Waals surface area contributed by atoms with Crippen LogP contribution in [-0.2, 0) is 11.2 Å². The van der Waals surface area contributed by atoms with Gasteiger partial charge in [-0.2, -0.15) is 0 Å². The SMILES string of the molecule is O=C1Cc2cc(-c3ccc(-c4cncc(NSc5ccc(P)cc5F)c4)s3)ccc2N1. The molecule has 2 N–H and O–H groups in total. The number of nitrogens with zero attached hydrogens (tertiary/aromatic N) is 1. The Balaban J connectivity index is 1.34. The maximum absolute atomic E-state index is 14.1. The van der Waals surface area contributed by atoms with Crippen molar-refractivity contribution in [3.05, 3.63) is 78.4 Å². The summed E-state index contributed by atoms with van der Waals surface area (Å²) in [7, 11) is 2.49. The van der Waals surface area contributed by atoms with Crippen molar-refractivity contribution < 1.29 is 9.18 Å². The molecule has 0 fully saturated rings. The molecule has 1 unspecified atom stereocenters. The van der Waals surface area contributed by atoms with Gasteiger partial charge in [-0.05, 0) is 70.8 Å². The minimum atomic E-state index is -0.261. The molecule has 0 spiro atoms. The summed E-state index contributed by atoms with van der Waals surface area (Å²) in [6, 6.07) is 17.3. The normalized spacial score (nSPS) is 12.5. The van der Waals surface area contributed by atoms with Gasteiger partial charge in [0.1, 0.15) is 5.82 Å². The molecule has 2 aromatic carbocycles. The highest BCUT2D eigenvalue weighted by Crippen LogP contribution is 2.37. The van der Waals surface area contributed by atoms with Crippen molar-refractivity contribution in [2.45, 2.75) is 11.3 Å². The van der Waals surface area contributed by atoms with Gasteiger partial charge in [0.2, 0.25) is 5.91 Å². The number of fused-ring (bicyclic) bond motifs is 1. The first-order chi connectivity index (χ1) is 15.0. The molecule has 4 aromatic rings. The molecular formula is C23H17FN3OPS2. The van der Waals surface area contributed by atoms with Gasteiger partial charge < -0.3 is 10.0 Å². The first kappa shape index (κ1) is 20.2. The van der Waals surface area contributed by atoms with Gasteiger partial charge in [0, 0.05) is 27.2 Å². The Morgan fingerprint density at radius 1 is 1.03 bits per heavy atom. The van der Waals surface area contributed by atoms with Crippen molar-refractivity contribution >= 4 is 55.1 Å². The second-order valence-corrected chi connectivity index (χ2v) is 9.72. The van der Waals surface area contributed by atoms with Crippen LogP contribution >= 0.6 is 32.5 Å². The van der Waals surface area contributed by atoms with Crippen molar-refractivity contribution in [2.75, 3.05) is 10.0 Å². The van der Waals surface area contributed by atoms with E-state index < -0.39 is 0 Å². The number of halogens is 1. The molecule has 8 heteroatoms. The molecular weight excluding hydrogens is 448 g/mol. The van der Waals surface area contributed by atoms with Crippen molar-refractivity contribution in [2.24, 2.45) is 0 Å². The summed E-state index contributed by atoms with van der Waals surface area (Å²) in [6.07, 6.45) is 3.97. The lowest BCUT2D eigenvalue weighted by atomic mass is 10.1. The van der Waals surface area contributed by atoms with E-state index in [1.807, 2.05) is 30.5 Å². The van der Waals surface area contributed by atoms with E-state index in [4.69, 9.17) is 0 Å². The molecule has 1 amide bonds. The summed E-state index contributed by atoms with van der Waals surface area (Å²) in [4.78, 5) is 18.7. The van der Waals surface area contributed by atoms with Crippen LogP contribution in [0.2, 0.25) is 0 Å². The van der Waals surface area contributed by atoms with Crippen molar-refractivity contribution in [3.63, 3.8) is 0 Å². The van der Waals surface area contributed by atoms with Gasteiger partial charge in [0.15, 0.2) is 0 Å². The monoisotopic (exact) mass is 465 g/mol. The Morgan fingerprint density at radius 2 is 1.87 bits per heavy atom. The van der Waals surface area contributed by atoms with Crippen LogP contribution in [-0.4, -0.2) is 10.9 Å². The van der Waals surface area contributed by atoms with E-state index in [0.29, 0.717) is 11.3 Å². The number of pyridine rings is 1. The van der Waals surface area contributed by atoms with Crippen LogP contribution in [0.15, 0.2) is 71.9 Å². The molecule has 0 saturated heterocycles. The van der Waals surface area contributed by atoms with E-state index in [-0.39, 0.29) is 11.7 Å². The predicted octanol–water partition coefficient (Wildman–Crippen LogP) is 5.73. The van der Waals surface area contributed by atoms with Gasteiger partial charge >= 0.3 is 0 Å². The molecule has 1 aliphatic heterocycles. The van der Waals surface area contributed by atoms with Crippen molar-refractivity contribution in [1.82, 2.24) is 4.98 Å². The number of benzene rings is 2. The van der Waals surface area contributed by atoms with Crippen LogP contribution in [0, 0.1) is 5.82 Å². The zero-order valence-corrected chi connectivity index (χ0v) is 19.0. The number of amides is 1. The Kier molecular flexibility index (Phi) is 5.48. The fraction of sp³-hybridized carbons (Fsp3) is 0.0435. The maximum atomic E-state index is 14.1. The summed E-state index contributed by atoms with van der Waals surface area (Å²) in [5.74, 6) is -0.222. The van der Waals surface area contributed by atoms with Crippen LogP contribution < -0.4 is 15.3 Å². The Morgan fingerprint density at radius 3 is 2.71 bits per heavy atom. The molecule has 31 heavy (non-hydrogen) atoms. The van der Waals surface area contributed by atoms with Gasteiger partial charge in [0.05, 0.1) is 23.2 Å². The summed E-state index contributed by atoms with van der Waals surface area (Å²) >= 11 is 2.89. The van der Waals surface area contributed by atoms with Gasteiger partial charge in [-0.25, -0.2) is 4.39 Å². The van der Waals surface area contributed by atoms with Gasteiger partial charge in [0.25, 0.3) is 0 Å². The summed E-state index contributed by atoms with van der Waals surface area (Å²) in [5, 5.41) is 3.68. The smallest absolute Gasteiger partial charge is 0.228 e. The summed E-state index contributed by atoms with van der Waals surface area (Å²) < 4.78 is 17.2. The molecule has 1 atom stereocenters. The van der Waals surface area contributed by atoms with Crippen molar-refractivity contribution in [3.8, 4) is 20.9 Å². The van der Waals surface area contributed by atoms with E-state index in [2.05, 4.69) is 42.5 Å². The molecule has 0 saturated carbocycles. The van der Waals surface area contributed by atoms with E-state index in [0.717, 1.165) is 43.1 Å². The third-order valence-electron chi connectivity index (χ3n) is 4.88. The average molecular weight is 466 g/mol. The second-order valence-electron chi connectivity index (χ2n) is 7.12. The molecule has 2 aromatic heterocycles. The van der Waals surface area contributed by atoms with E-state index in [1.165, 1.54) is 18.0 Å². The summed E-state index contributed by atoms with van der Waals surface area (Å²) in [6.45, 7) is 0. The minimum Gasteiger partial charge on any atom is -0.326 e. The van der Waals surface area contributed by atoms with Crippen molar-refractivity contribution in [1.29, 1.82) is 0 Å². The topological polar surface area (TPSA) is 54.0 Å². The molecule has 1 aliphatic rings. The first-order valence-electron chi connectivity index (χ1n) is 9.51. The predicted molar refractivity (Wildman–Crippen MR) is 131 cm³/mol. The van der Waals surface area contributed by atoms with Crippen LogP contribution in [0.4, 0.5) is 15.8 Å². The Bertz CT molecular complexity index is 1310. The zero-order chi connectivity index (χ0) is 21.4. The maximum Gasteiger partial charge on any atom is 0.228 e. The standard InChI is InChI=1S/C23H17FN3OPS2/c24-18-10-17(29)2-4-22(18)31-27-16-8-15(11-25-12-16)21-6-5-20(30-21)13-1-3-19-14(7-13)9-23(28)26-19/h1-8,10-12,27H,9,29H2,(H,26,28). The number of carbonyl (C=O) groups is 1. The third-order valence-corrected chi connectivity index (χ3v) is 7.31. The van der Waals surface area contributed by atoms with E-state index in [1.54, 1.807) is 23.6 Å².